The van der Waals surface area contributed by atoms with E-state index >= 15 is 0 Å². The maximum atomic E-state index is 2.46. The lowest BCUT2D eigenvalue weighted by atomic mass is 9.65. The zero-order chi connectivity index (χ0) is 34.5. The van der Waals surface area contributed by atoms with Gasteiger partial charge >= 0.3 is 0 Å². The molecule has 9 fully saturated rings. The van der Waals surface area contributed by atoms with Crippen molar-refractivity contribution in [2.24, 2.45) is 71.0 Å². The predicted octanol–water partition coefficient (Wildman–Crippen LogP) is 16.2. The third-order valence-electron chi connectivity index (χ3n) is 12.6. The van der Waals surface area contributed by atoms with Crippen LogP contribution in [0.4, 0.5) is 0 Å². The standard InChI is InChI=1S/C10H18.C9H16.C8H14.C7H12.4C3H8/c1-8-3-2-4-9-5-6-10(8)7-9;1-7-6-8-2-4-9(7)5-3-8;1-6-4-7-2-3-8(6)5-7;1-5-2-6-4-7(6)3-5;4*1-3-2/h8-10H,2-7H2,1H3;7-9H,2-6H2,1H3;6-8H,2-5H2,1H3;5-7H,2-4H2,1H3;4*3H2,1-2H3. The molecule has 0 heteroatoms. The van der Waals surface area contributed by atoms with Crippen LogP contribution in [0.25, 0.3) is 0 Å². The first kappa shape index (κ1) is 44.0. The molecule has 276 valence electrons. The number of hydrogen-bond donors (Lipinski definition) is 0. The molecule has 0 nitrogen and oxygen atoms in total. The molecule has 9 saturated carbocycles. The van der Waals surface area contributed by atoms with Gasteiger partial charge in [0.1, 0.15) is 0 Å². The van der Waals surface area contributed by atoms with E-state index in [1.165, 1.54) is 50.4 Å². The molecule has 0 aromatic carbocycles. The van der Waals surface area contributed by atoms with E-state index in [2.05, 4.69) is 83.1 Å². The van der Waals surface area contributed by atoms with Gasteiger partial charge in [-0.05, 0) is 142 Å². The minimum absolute atomic E-state index is 1.05. The van der Waals surface area contributed by atoms with E-state index in [4.69, 9.17) is 0 Å². The average molecular weight is 645 g/mol. The van der Waals surface area contributed by atoms with E-state index in [1.54, 1.807) is 103 Å². The van der Waals surface area contributed by atoms with Gasteiger partial charge in [0.15, 0.2) is 0 Å². The van der Waals surface area contributed by atoms with Gasteiger partial charge in [-0.3, -0.25) is 0 Å². The van der Waals surface area contributed by atoms with Gasteiger partial charge in [0.2, 0.25) is 0 Å². The third-order valence-corrected chi connectivity index (χ3v) is 12.6. The van der Waals surface area contributed by atoms with Crippen molar-refractivity contribution in [3.05, 3.63) is 0 Å². The van der Waals surface area contributed by atoms with Crippen LogP contribution < -0.4 is 0 Å². The lowest BCUT2D eigenvalue weighted by Crippen LogP contribution is -2.29. The molecule has 0 radical (unpaired) electrons. The first-order valence-corrected chi connectivity index (χ1v) is 22.1. The molecule has 0 spiro atoms. The van der Waals surface area contributed by atoms with Crippen LogP contribution in [0, 0.1) is 71.0 Å². The summed E-state index contributed by atoms with van der Waals surface area (Å²) in [4.78, 5) is 0. The first-order valence-electron chi connectivity index (χ1n) is 22.1. The van der Waals surface area contributed by atoms with E-state index in [0.29, 0.717) is 0 Å². The molecule has 0 aromatic rings. The molecule has 0 aromatic heterocycles. The largest absolute Gasteiger partial charge is 0.0656 e. The quantitative estimate of drug-likeness (QED) is 0.246. The van der Waals surface area contributed by atoms with Crippen LogP contribution in [0.2, 0.25) is 0 Å². The van der Waals surface area contributed by atoms with Gasteiger partial charge in [-0.1, -0.05) is 154 Å². The van der Waals surface area contributed by atoms with Crippen molar-refractivity contribution >= 4 is 0 Å². The highest BCUT2D eigenvalue weighted by atomic mass is 14.5. The van der Waals surface area contributed by atoms with Crippen molar-refractivity contribution in [3.63, 3.8) is 0 Å². The Morgan fingerprint density at radius 2 is 0.674 bits per heavy atom. The Morgan fingerprint density at radius 1 is 0.304 bits per heavy atom. The molecular formula is C46H92. The second-order valence-corrected chi connectivity index (χ2v) is 18.2. The van der Waals surface area contributed by atoms with Crippen molar-refractivity contribution in [1.82, 2.24) is 0 Å². The molecule has 0 amide bonds. The Kier molecular flexibility index (Phi) is 24.8. The van der Waals surface area contributed by atoms with E-state index in [9.17, 15) is 0 Å². The van der Waals surface area contributed by atoms with Gasteiger partial charge in [0.05, 0.1) is 0 Å². The highest BCUT2D eigenvalue weighted by Crippen LogP contribution is 2.54. The second kappa shape index (κ2) is 25.9. The molecule has 9 aliphatic rings. The van der Waals surface area contributed by atoms with E-state index in [1.807, 2.05) is 0 Å². The molecule has 9 atom stereocenters. The Morgan fingerprint density at radius 3 is 0.978 bits per heavy atom. The second-order valence-electron chi connectivity index (χ2n) is 18.2. The summed E-state index contributed by atoms with van der Waals surface area (Å²) < 4.78 is 0. The van der Waals surface area contributed by atoms with Crippen LogP contribution in [0.1, 0.15) is 224 Å². The van der Waals surface area contributed by atoms with Crippen molar-refractivity contribution in [2.45, 2.75) is 224 Å². The van der Waals surface area contributed by atoms with Crippen molar-refractivity contribution in [1.29, 1.82) is 0 Å². The monoisotopic (exact) mass is 645 g/mol. The molecule has 0 saturated heterocycles. The van der Waals surface area contributed by atoms with E-state index in [-0.39, 0.29) is 0 Å². The highest BCUT2D eigenvalue weighted by Gasteiger charge is 2.44. The van der Waals surface area contributed by atoms with E-state index in [0.717, 1.165) is 59.2 Å². The van der Waals surface area contributed by atoms with Crippen LogP contribution in [0.15, 0.2) is 0 Å². The van der Waals surface area contributed by atoms with Gasteiger partial charge < -0.3 is 0 Å². The molecule has 0 heterocycles. The minimum Gasteiger partial charge on any atom is -0.0656 e. The predicted molar refractivity (Wildman–Crippen MR) is 212 cm³/mol. The maximum Gasteiger partial charge on any atom is -0.0380 e. The zero-order valence-electron chi connectivity index (χ0n) is 34.5. The first-order chi connectivity index (χ1) is 22.1. The molecule has 0 N–H and O–H groups in total. The fraction of sp³-hybridized carbons (Fsp3) is 1.00. The molecule has 6 bridgehead atoms. The average Bonchev–Trinajstić information content (AvgIpc) is 3.43. The molecule has 0 aliphatic heterocycles. The zero-order valence-corrected chi connectivity index (χ0v) is 34.5. The van der Waals surface area contributed by atoms with Crippen LogP contribution in [-0.2, 0) is 0 Å². The smallest absolute Gasteiger partial charge is 0.0380 e. The van der Waals surface area contributed by atoms with Crippen molar-refractivity contribution in [3.8, 4) is 0 Å². The summed E-state index contributed by atoms with van der Waals surface area (Å²) in [5.74, 6) is 13.4. The fourth-order valence-electron chi connectivity index (χ4n) is 10.1. The number of rotatable bonds is 0. The van der Waals surface area contributed by atoms with Gasteiger partial charge in [0.25, 0.3) is 0 Å². The molecule has 9 unspecified atom stereocenters. The topological polar surface area (TPSA) is 0 Å². The van der Waals surface area contributed by atoms with Gasteiger partial charge in [-0.15, -0.1) is 0 Å². The summed E-state index contributed by atoms with van der Waals surface area (Å²) in [7, 11) is 0. The molecule has 9 aliphatic carbocycles. The summed E-state index contributed by atoms with van der Waals surface area (Å²) >= 11 is 0. The maximum absolute atomic E-state index is 2.46. The summed E-state index contributed by atoms with van der Waals surface area (Å²) in [6, 6.07) is 0. The Labute approximate surface area is 294 Å². The minimum atomic E-state index is 1.05. The van der Waals surface area contributed by atoms with Crippen molar-refractivity contribution < 1.29 is 0 Å². The van der Waals surface area contributed by atoms with E-state index < -0.39 is 0 Å². The van der Waals surface area contributed by atoms with Gasteiger partial charge in [-0.2, -0.15) is 0 Å². The van der Waals surface area contributed by atoms with Crippen LogP contribution >= 0.6 is 0 Å². The normalized spacial score (nSPS) is 39.4. The lowest BCUT2D eigenvalue weighted by molar-refractivity contribution is 0.111. The van der Waals surface area contributed by atoms with Crippen LogP contribution in [0.3, 0.4) is 0 Å². The Balaban J connectivity index is 0.000000277. The highest BCUT2D eigenvalue weighted by molar-refractivity contribution is 4.94. The third kappa shape index (κ3) is 17.6. The molecule has 46 heavy (non-hydrogen) atoms. The summed E-state index contributed by atoms with van der Waals surface area (Å²) in [6.45, 7) is 26.7. The summed E-state index contributed by atoms with van der Waals surface area (Å²) in [6.07, 6.45) is 32.9. The van der Waals surface area contributed by atoms with Crippen LogP contribution in [-0.4, -0.2) is 0 Å². The molecular weight excluding hydrogens is 553 g/mol. The SMILES string of the molecule is CC1CC2CC2C1.CC1CC2CCC1C2.CC1CC2CCC1CC2.CC1CCCC2CCC1C2.CCC.CCC.CCC.CCC. The summed E-state index contributed by atoms with van der Waals surface area (Å²) in [5.41, 5.74) is 0. The van der Waals surface area contributed by atoms with Crippen LogP contribution in [0.5, 0.6) is 0 Å². The number of hydrogen-bond acceptors (Lipinski definition) is 0. The van der Waals surface area contributed by atoms with Crippen molar-refractivity contribution in [2.75, 3.05) is 0 Å². The Hall–Kier alpha value is 0. The molecule has 9 rings (SSSR count). The number of fused-ring (bicyclic) bond motifs is 8. The van der Waals surface area contributed by atoms with Gasteiger partial charge in [-0.25, -0.2) is 0 Å². The fourth-order valence-corrected chi connectivity index (χ4v) is 10.1. The van der Waals surface area contributed by atoms with Gasteiger partial charge in [0, 0.05) is 0 Å². The summed E-state index contributed by atoms with van der Waals surface area (Å²) in [5, 5.41) is 0. The Bertz CT molecular complexity index is 652. The lowest BCUT2D eigenvalue weighted by Gasteiger charge is -2.40.